The fraction of sp³-hybridized carbons (Fsp3) is 0. The number of hydrogen-bond acceptors (Lipinski definition) is 3. The zero-order valence-electron chi connectivity index (χ0n) is 29.8. The third kappa shape index (κ3) is 5.20. The zero-order valence-corrected chi connectivity index (χ0v) is 29.8. The molecule has 0 saturated carbocycles. The molecule has 9 aromatic carbocycles. The van der Waals surface area contributed by atoms with Crippen LogP contribution in [0.15, 0.2) is 209 Å². The van der Waals surface area contributed by atoms with Gasteiger partial charge >= 0.3 is 0 Å². The molecule has 0 N–H and O–H groups in total. The first-order chi connectivity index (χ1) is 27.3. The SMILES string of the molecule is c1ccc(-c2ccc(-c3cc(N(c4ccc(-c5ccccc5)cc4)c4cccc5c4oc4ccccc45)c4oc5ccc6ccccc6c5c4c3)cc2)cc1. The summed E-state index contributed by atoms with van der Waals surface area (Å²) in [6.07, 6.45) is 0. The molecule has 55 heavy (non-hydrogen) atoms. The average molecular weight is 704 g/mol. The molecule has 0 aliphatic heterocycles. The van der Waals surface area contributed by atoms with Crippen molar-refractivity contribution in [1.82, 2.24) is 0 Å². The van der Waals surface area contributed by atoms with Crippen molar-refractivity contribution in [2.24, 2.45) is 0 Å². The highest BCUT2D eigenvalue weighted by atomic mass is 16.3. The second-order valence-corrected chi connectivity index (χ2v) is 14.1. The minimum Gasteiger partial charge on any atom is -0.454 e. The molecule has 2 aromatic heterocycles. The Labute approximate surface area is 317 Å². The second-order valence-electron chi connectivity index (χ2n) is 14.1. The Morgan fingerprint density at radius 3 is 1.58 bits per heavy atom. The Balaban J connectivity index is 1.21. The van der Waals surface area contributed by atoms with E-state index in [-0.39, 0.29) is 0 Å². The normalized spacial score (nSPS) is 11.6. The van der Waals surface area contributed by atoms with E-state index in [4.69, 9.17) is 8.83 Å². The van der Waals surface area contributed by atoms with Crippen LogP contribution in [0.2, 0.25) is 0 Å². The topological polar surface area (TPSA) is 29.5 Å². The van der Waals surface area contributed by atoms with E-state index in [2.05, 4.69) is 193 Å². The number of nitrogens with zero attached hydrogens (tertiary/aromatic N) is 1. The largest absolute Gasteiger partial charge is 0.454 e. The van der Waals surface area contributed by atoms with Gasteiger partial charge in [-0.2, -0.15) is 0 Å². The van der Waals surface area contributed by atoms with Crippen LogP contribution in [0.5, 0.6) is 0 Å². The maximum Gasteiger partial charge on any atom is 0.159 e. The van der Waals surface area contributed by atoms with Crippen molar-refractivity contribution in [2.75, 3.05) is 4.90 Å². The lowest BCUT2D eigenvalue weighted by atomic mass is 9.96. The van der Waals surface area contributed by atoms with Crippen molar-refractivity contribution in [3.63, 3.8) is 0 Å². The van der Waals surface area contributed by atoms with Crippen LogP contribution in [0.4, 0.5) is 17.1 Å². The second kappa shape index (κ2) is 12.6. The first-order valence-corrected chi connectivity index (χ1v) is 18.7. The van der Waals surface area contributed by atoms with E-state index >= 15 is 0 Å². The Morgan fingerprint density at radius 1 is 0.309 bits per heavy atom. The summed E-state index contributed by atoms with van der Waals surface area (Å²) in [5, 5.41) is 6.68. The molecule has 0 aliphatic rings. The standard InChI is InChI=1S/C52H33NO2/c1-3-12-34(13-4-1)36-22-24-38(25-23-36)40-32-45-50-42-17-8-7-16-39(42)28-31-49(50)55-52(45)47(33-40)53(41-29-26-37(27-30-41)35-14-5-2-6-15-35)46-20-11-19-44-43-18-9-10-21-48(43)54-51(44)46/h1-33H. The zero-order chi connectivity index (χ0) is 36.3. The van der Waals surface area contributed by atoms with E-state index in [9.17, 15) is 0 Å². The van der Waals surface area contributed by atoms with Crippen LogP contribution in [-0.4, -0.2) is 0 Å². The minimum absolute atomic E-state index is 0.816. The van der Waals surface area contributed by atoms with E-state index in [1.54, 1.807) is 0 Å². The summed E-state index contributed by atoms with van der Waals surface area (Å²) in [6.45, 7) is 0. The summed E-state index contributed by atoms with van der Waals surface area (Å²) in [4.78, 5) is 2.31. The number of hydrogen-bond donors (Lipinski definition) is 0. The van der Waals surface area contributed by atoms with E-state index in [0.29, 0.717) is 0 Å². The molecule has 0 radical (unpaired) electrons. The third-order valence-electron chi connectivity index (χ3n) is 10.9. The lowest BCUT2D eigenvalue weighted by Gasteiger charge is -2.26. The summed E-state index contributed by atoms with van der Waals surface area (Å²) >= 11 is 0. The van der Waals surface area contributed by atoms with Crippen LogP contribution in [0.1, 0.15) is 0 Å². The van der Waals surface area contributed by atoms with Gasteiger partial charge in [0.2, 0.25) is 0 Å². The van der Waals surface area contributed by atoms with Crippen molar-refractivity contribution < 1.29 is 8.83 Å². The summed E-state index contributed by atoms with van der Waals surface area (Å²) < 4.78 is 13.7. The molecule has 0 saturated heterocycles. The van der Waals surface area contributed by atoms with Gasteiger partial charge in [0.05, 0.1) is 11.4 Å². The Hall–Kier alpha value is -7.36. The van der Waals surface area contributed by atoms with E-state index in [1.165, 1.54) is 27.5 Å². The molecule has 0 fully saturated rings. The van der Waals surface area contributed by atoms with Crippen LogP contribution in [0.25, 0.3) is 88.0 Å². The smallest absolute Gasteiger partial charge is 0.159 e. The van der Waals surface area contributed by atoms with Gasteiger partial charge in [-0.05, 0) is 86.6 Å². The van der Waals surface area contributed by atoms with Crippen molar-refractivity contribution in [3.8, 4) is 33.4 Å². The summed E-state index contributed by atoms with van der Waals surface area (Å²) in [5.41, 5.74) is 13.1. The Morgan fingerprint density at radius 2 is 0.855 bits per heavy atom. The monoisotopic (exact) mass is 703 g/mol. The molecule has 0 amide bonds. The fourth-order valence-electron chi connectivity index (χ4n) is 8.20. The highest BCUT2D eigenvalue weighted by Crippen LogP contribution is 2.48. The summed E-state index contributed by atoms with van der Waals surface area (Å²) in [6, 6.07) is 70.8. The molecule has 0 spiro atoms. The molecular formula is C52H33NO2. The van der Waals surface area contributed by atoms with Gasteiger partial charge < -0.3 is 13.7 Å². The van der Waals surface area contributed by atoms with Gasteiger partial charge in [-0.15, -0.1) is 0 Å². The molecule has 258 valence electrons. The number of fused-ring (bicyclic) bond motifs is 8. The van der Waals surface area contributed by atoms with Gasteiger partial charge in [0.1, 0.15) is 11.2 Å². The molecular weight excluding hydrogens is 671 g/mol. The van der Waals surface area contributed by atoms with Crippen molar-refractivity contribution >= 4 is 71.7 Å². The minimum atomic E-state index is 0.816. The molecule has 0 atom stereocenters. The van der Waals surface area contributed by atoms with Gasteiger partial charge in [0.15, 0.2) is 11.2 Å². The predicted octanol–water partition coefficient (Wildman–Crippen LogP) is 15.1. The lowest BCUT2D eigenvalue weighted by Crippen LogP contribution is -2.11. The molecule has 0 aliphatic carbocycles. The molecule has 3 heteroatoms. The van der Waals surface area contributed by atoms with E-state index < -0.39 is 0 Å². The maximum absolute atomic E-state index is 6.98. The van der Waals surface area contributed by atoms with E-state index in [1.807, 2.05) is 12.1 Å². The number of rotatable bonds is 6. The summed E-state index contributed by atoms with van der Waals surface area (Å²) in [5.74, 6) is 0. The quantitative estimate of drug-likeness (QED) is 0.173. The van der Waals surface area contributed by atoms with Gasteiger partial charge in [-0.1, -0.05) is 158 Å². The third-order valence-corrected chi connectivity index (χ3v) is 10.9. The van der Waals surface area contributed by atoms with E-state index in [0.717, 1.165) is 77.6 Å². The molecule has 2 heterocycles. The highest BCUT2D eigenvalue weighted by molar-refractivity contribution is 6.22. The highest BCUT2D eigenvalue weighted by Gasteiger charge is 2.25. The van der Waals surface area contributed by atoms with Gasteiger partial charge in [0, 0.05) is 27.2 Å². The van der Waals surface area contributed by atoms with Crippen LogP contribution in [0.3, 0.4) is 0 Å². The van der Waals surface area contributed by atoms with Crippen molar-refractivity contribution in [1.29, 1.82) is 0 Å². The fourth-order valence-corrected chi connectivity index (χ4v) is 8.20. The maximum atomic E-state index is 6.98. The summed E-state index contributed by atoms with van der Waals surface area (Å²) in [7, 11) is 0. The molecule has 11 aromatic rings. The van der Waals surface area contributed by atoms with Gasteiger partial charge in [0.25, 0.3) is 0 Å². The molecule has 0 bridgehead atoms. The average Bonchev–Trinajstić information content (AvgIpc) is 3.84. The first kappa shape index (κ1) is 31.2. The van der Waals surface area contributed by atoms with Crippen LogP contribution in [0, 0.1) is 0 Å². The Kier molecular flexibility index (Phi) is 7.17. The van der Waals surface area contributed by atoms with Gasteiger partial charge in [-0.3, -0.25) is 0 Å². The Bertz CT molecular complexity index is 3180. The van der Waals surface area contributed by atoms with Gasteiger partial charge in [-0.25, -0.2) is 0 Å². The number of para-hydroxylation sites is 2. The van der Waals surface area contributed by atoms with Crippen molar-refractivity contribution in [2.45, 2.75) is 0 Å². The van der Waals surface area contributed by atoms with Crippen molar-refractivity contribution in [3.05, 3.63) is 200 Å². The predicted molar refractivity (Wildman–Crippen MR) is 229 cm³/mol. The molecule has 11 rings (SSSR count). The van der Waals surface area contributed by atoms with Crippen LogP contribution in [-0.2, 0) is 0 Å². The number of anilines is 3. The van der Waals surface area contributed by atoms with Crippen LogP contribution >= 0.6 is 0 Å². The molecule has 0 unspecified atom stereocenters. The molecule has 3 nitrogen and oxygen atoms in total. The number of furan rings is 2. The number of benzene rings is 9. The van der Waals surface area contributed by atoms with Crippen LogP contribution < -0.4 is 4.90 Å². The lowest BCUT2D eigenvalue weighted by molar-refractivity contribution is 0.666. The first-order valence-electron chi connectivity index (χ1n) is 18.7.